The molecule has 1 heterocycles. The van der Waals surface area contributed by atoms with E-state index in [0.717, 1.165) is 28.9 Å². The number of rotatable bonds is 4. The summed E-state index contributed by atoms with van der Waals surface area (Å²) in [6.07, 6.45) is 0.774. The van der Waals surface area contributed by atoms with E-state index in [9.17, 15) is 4.79 Å². The Morgan fingerprint density at radius 3 is 2.24 bits per heavy atom. The summed E-state index contributed by atoms with van der Waals surface area (Å²) in [5.74, 6) is 1.44. The molecule has 0 bridgehead atoms. The Kier molecular flexibility index (Phi) is 5.26. The predicted octanol–water partition coefficient (Wildman–Crippen LogP) is 4.80. The Bertz CT molecular complexity index is 1010. The van der Waals surface area contributed by atoms with Gasteiger partial charge in [0, 0.05) is 12.1 Å². The van der Waals surface area contributed by atoms with Crippen LogP contribution in [0.3, 0.4) is 0 Å². The molecule has 0 fully saturated rings. The zero-order valence-corrected chi connectivity index (χ0v) is 17.0. The Morgan fingerprint density at radius 1 is 0.931 bits per heavy atom. The first-order chi connectivity index (χ1) is 14.1. The summed E-state index contributed by atoms with van der Waals surface area (Å²) in [6.45, 7) is 2.67. The summed E-state index contributed by atoms with van der Waals surface area (Å²) >= 11 is 0. The van der Waals surface area contributed by atoms with E-state index < -0.39 is 0 Å². The number of hydrogen-bond donors (Lipinski definition) is 0. The van der Waals surface area contributed by atoms with Gasteiger partial charge in [0.05, 0.1) is 20.3 Å². The molecule has 0 saturated heterocycles. The highest BCUT2D eigenvalue weighted by Gasteiger charge is 2.33. The zero-order chi connectivity index (χ0) is 20.4. The topological polar surface area (TPSA) is 38.8 Å². The van der Waals surface area contributed by atoms with Crippen LogP contribution >= 0.6 is 0 Å². The summed E-state index contributed by atoms with van der Waals surface area (Å²) < 4.78 is 11.0. The van der Waals surface area contributed by atoms with E-state index in [4.69, 9.17) is 9.47 Å². The predicted molar refractivity (Wildman–Crippen MR) is 114 cm³/mol. The molecule has 0 aromatic heterocycles. The molecule has 0 radical (unpaired) electrons. The van der Waals surface area contributed by atoms with Gasteiger partial charge < -0.3 is 14.4 Å². The van der Waals surface area contributed by atoms with Gasteiger partial charge in [-0.1, -0.05) is 48.0 Å². The Balaban J connectivity index is 1.83. The molecule has 29 heavy (non-hydrogen) atoms. The van der Waals surface area contributed by atoms with Gasteiger partial charge in [0.15, 0.2) is 11.5 Å². The molecule has 0 aliphatic carbocycles. The van der Waals surface area contributed by atoms with E-state index in [0.29, 0.717) is 17.9 Å². The number of carbonyl (C=O) groups excluding carboxylic acids is 1. The first-order valence-electron chi connectivity index (χ1n) is 9.79. The Hall–Kier alpha value is -3.27. The van der Waals surface area contributed by atoms with Crippen molar-refractivity contribution in [3.05, 3.63) is 94.5 Å². The van der Waals surface area contributed by atoms with E-state index in [2.05, 4.69) is 12.1 Å². The molecule has 1 aliphatic rings. The van der Waals surface area contributed by atoms with Crippen molar-refractivity contribution in [1.82, 2.24) is 4.90 Å². The van der Waals surface area contributed by atoms with Crippen molar-refractivity contribution in [2.75, 3.05) is 20.8 Å². The second kappa shape index (κ2) is 8.00. The first kappa shape index (κ1) is 19.1. The third-order valence-electron chi connectivity index (χ3n) is 5.55. The highest BCUT2D eigenvalue weighted by atomic mass is 16.5. The van der Waals surface area contributed by atoms with Crippen LogP contribution in [0.4, 0.5) is 0 Å². The molecular formula is C25H25NO3. The van der Waals surface area contributed by atoms with Gasteiger partial charge in [0.1, 0.15) is 0 Å². The molecule has 4 heteroatoms. The maximum Gasteiger partial charge on any atom is 0.254 e. The van der Waals surface area contributed by atoms with Crippen LogP contribution in [-0.2, 0) is 6.42 Å². The molecule has 1 aliphatic heterocycles. The van der Waals surface area contributed by atoms with Crippen LogP contribution in [0.15, 0.2) is 66.7 Å². The monoisotopic (exact) mass is 387 g/mol. The minimum absolute atomic E-state index is 0.0410. The summed E-state index contributed by atoms with van der Waals surface area (Å²) in [4.78, 5) is 15.4. The van der Waals surface area contributed by atoms with Crippen LogP contribution in [0.5, 0.6) is 11.5 Å². The zero-order valence-electron chi connectivity index (χ0n) is 17.0. The molecule has 0 saturated carbocycles. The van der Waals surface area contributed by atoms with Crippen molar-refractivity contribution in [3.8, 4) is 11.5 Å². The quantitative estimate of drug-likeness (QED) is 0.645. The van der Waals surface area contributed by atoms with Gasteiger partial charge >= 0.3 is 0 Å². The second-order valence-electron chi connectivity index (χ2n) is 7.33. The van der Waals surface area contributed by atoms with Gasteiger partial charge in [0.2, 0.25) is 0 Å². The summed E-state index contributed by atoms with van der Waals surface area (Å²) in [7, 11) is 3.29. The van der Waals surface area contributed by atoms with Crippen LogP contribution in [0.1, 0.15) is 38.7 Å². The average Bonchev–Trinajstić information content (AvgIpc) is 2.77. The average molecular weight is 387 g/mol. The highest BCUT2D eigenvalue weighted by molar-refractivity contribution is 5.95. The van der Waals surface area contributed by atoms with Crippen molar-refractivity contribution in [2.45, 2.75) is 19.4 Å². The molecule has 3 aromatic carbocycles. The van der Waals surface area contributed by atoms with Crippen molar-refractivity contribution >= 4 is 5.91 Å². The van der Waals surface area contributed by atoms with E-state index in [1.54, 1.807) is 14.2 Å². The number of amides is 1. The second-order valence-corrected chi connectivity index (χ2v) is 7.33. The lowest BCUT2D eigenvalue weighted by Gasteiger charge is -2.38. The number of carbonyl (C=O) groups is 1. The maximum atomic E-state index is 13.5. The number of nitrogens with zero attached hydrogens (tertiary/aromatic N) is 1. The van der Waals surface area contributed by atoms with Crippen molar-refractivity contribution in [3.63, 3.8) is 0 Å². The molecule has 0 spiro atoms. The number of hydrogen-bond acceptors (Lipinski definition) is 3. The van der Waals surface area contributed by atoms with Crippen LogP contribution in [0, 0.1) is 6.92 Å². The lowest BCUT2D eigenvalue weighted by molar-refractivity contribution is 0.0694. The van der Waals surface area contributed by atoms with Crippen molar-refractivity contribution in [2.24, 2.45) is 0 Å². The molecule has 0 unspecified atom stereocenters. The fourth-order valence-electron chi connectivity index (χ4n) is 4.02. The van der Waals surface area contributed by atoms with Crippen LogP contribution in [0.2, 0.25) is 0 Å². The number of benzene rings is 3. The van der Waals surface area contributed by atoms with E-state index in [1.807, 2.05) is 66.4 Å². The molecule has 148 valence electrons. The van der Waals surface area contributed by atoms with E-state index in [-0.39, 0.29) is 11.9 Å². The van der Waals surface area contributed by atoms with Crippen molar-refractivity contribution < 1.29 is 14.3 Å². The van der Waals surface area contributed by atoms with Crippen molar-refractivity contribution in [1.29, 1.82) is 0 Å². The fourth-order valence-corrected chi connectivity index (χ4v) is 4.02. The number of methoxy groups -OCH3 is 2. The molecule has 3 aromatic rings. The number of fused-ring (bicyclic) bond motifs is 1. The maximum absolute atomic E-state index is 13.5. The highest BCUT2D eigenvalue weighted by Crippen LogP contribution is 2.41. The standard InChI is InChI=1S/C25H25NO3/c1-17-9-11-19(12-10-17)25(27)26-14-13-20-15-22(28-2)23(29-3)16-21(20)24(26)18-7-5-4-6-8-18/h4-12,15-16,24H,13-14H2,1-3H3/t24-/m0/s1. The summed E-state index contributed by atoms with van der Waals surface area (Å²) in [6, 6.07) is 21.8. The smallest absolute Gasteiger partial charge is 0.254 e. The van der Waals surface area contributed by atoms with E-state index >= 15 is 0 Å². The number of aryl methyl sites for hydroxylation is 1. The third-order valence-corrected chi connectivity index (χ3v) is 5.55. The minimum atomic E-state index is -0.173. The van der Waals surface area contributed by atoms with Crippen LogP contribution in [-0.4, -0.2) is 31.6 Å². The molecule has 0 N–H and O–H groups in total. The largest absolute Gasteiger partial charge is 0.493 e. The van der Waals surface area contributed by atoms with E-state index in [1.165, 1.54) is 5.56 Å². The molecular weight excluding hydrogens is 362 g/mol. The normalized spacial score (nSPS) is 15.6. The molecule has 1 amide bonds. The van der Waals surface area contributed by atoms with Gasteiger partial charge in [-0.15, -0.1) is 0 Å². The Labute approximate surface area is 171 Å². The number of ether oxygens (including phenoxy) is 2. The summed E-state index contributed by atoms with van der Waals surface area (Å²) in [5, 5.41) is 0. The third kappa shape index (κ3) is 3.58. The lowest BCUT2D eigenvalue weighted by Crippen LogP contribution is -2.40. The molecule has 1 atom stereocenters. The SMILES string of the molecule is COc1cc2c(cc1OC)[C@H](c1ccccc1)N(C(=O)c1ccc(C)cc1)CC2. The van der Waals surface area contributed by atoms with Gasteiger partial charge in [-0.25, -0.2) is 0 Å². The first-order valence-corrected chi connectivity index (χ1v) is 9.79. The fraction of sp³-hybridized carbons (Fsp3) is 0.240. The Morgan fingerprint density at radius 2 is 1.59 bits per heavy atom. The van der Waals surface area contributed by atoms with Gasteiger partial charge in [-0.3, -0.25) is 4.79 Å². The summed E-state index contributed by atoms with van der Waals surface area (Å²) in [5.41, 5.74) is 5.20. The van der Waals surface area contributed by atoms with Crippen LogP contribution < -0.4 is 9.47 Å². The van der Waals surface area contributed by atoms with Gasteiger partial charge in [-0.05, 0) is 54.3 Å². The lowest BCUT2D eigenvalue weighted by atomic mass is 9.87. The van der Waals surface area contributed by atoms with Gasteiger partial charge in [0.25, 0.3) is 5.91 Å². The van der Waals surface area contributed by atoms with Gasteiger partial charge in [-0.2, -0.15) is 0 Å². The minimum Gasteiger partial charge on any atom is -0.493 e. The molecule has 4 rings (SSSR count). The van der Waals surface area contributed by atoms with Crippen LogP contribution in [0.25, 0.3) is 0 Å². The molecule has 4 nitrogen and oxygen atoms in total.